The van der Waals surface area contributed by atoms with E-state index >= 15 is 0 Å². The molecule has 0 bridgehead atoms. The van der Waals surface area contributed by atoms with Gasteiger partial charge in [-0.2, -0.15) is 0 Å². The van der Waals surface area contributed by atoms with Gasteiger partial charge in [-0.1, -0.05) is 6.92 Å². The third-order valence-corrected chi connectivity index (χ3v) is 4.10. The lowest BCUT2D eigenvalue weighted by atomic mass is 9.99. The van der Waals surface area contributed by atoms with E-state index in [-0.39, 0.29) is 12.0 Å². The molecule has 1 heterocycles. The first-order chi connectivity index (χ1) is 8.15. The van der Waals surface area contributed by atoms with Crippen LogP contribution in [-0.2, 0) is 9.53 Å². The first kappa shape index (κ1) is 12.8. The predicted octanol–water partition coefficient (Wildman–Crippen LogP) is 1.60. The fraction of sp³-hybridized carbons (Fsp3) is 0.923. The van der Waals surface area contributed by atoms with Crippen molar-refractivity contribution in [1.29, 1.82) is 0 Å². The highest BCUT2D eigenvalue weighted by Gasteiger charge is 2.42. The second kappa shape index (κ2) is 5.36. The highest BCUT2D eigenvalue weighted by molar-refractivity contribution is 5.71. The highest BCUT2D eigenvalue weighted by Crippen LogP contribution is 2.37. The maximum absolute atomic E-state index is 11.2. The topological polar surface area (TPSA) is 49.8 Å². The predicted molar refractivity (Wildman–Crippen MR) is 64.9 cm³/mol. The Bertz CT molecular complexity index is 278. The van der Waals surface area contributed by atoms with E-state index in [9.17, 15) is 9.90 Å². The van der Waals surface area contributed by atoms with Gasteiger partial charge in [-0.05, 0) is 38.6 Å². The first-order valence-electron chi connectivity index (χ1n) is 6.71. The maximum Gasteiger partial charge on any atom is 0.310 e. The summed E-state index contributed by atoms with van der Waals surface area (Å²) < 4.78 is 5.39. The molecule has 3 atom stereocenters. The van der Waals surface area contributed by atoms with Gasteiger partial charge in [-0.3, -0.25) is 9.69 Å². The van der Waals surface area contributed by atoms with Gasteiger partial charge in [-0.25, -0.2) is 0 Å². The van der Waals surface area contributed by atoms with E-state index in [0.717, 1.165) is 18.9 Å². The van der Waals surface area contributed by atoms with E-state index in [1.54, 1.807) is 0 Å². The van der Waals surface area contributed by atoms with Crippen LogP contribution in [0.3, 0.4) is 0 Å². The van der Waals surface area contributed by atoms with Gasteiger partial charge in [-0.15, -0.1) is 0 Å². The number of rotatable bonds is 6. The number of ether oxygens (including phenoxy) is 1. The molecule has 4 nitrogen and oxygen atoms in total. The van der Waals surface area contributed by atoms with Crippen LogP contribution in [0, 0.1) is 11.8 Å². The van der Waals surface area contributed by atoms with Crippen molar-refractivity contribution in [2.75, 3.05) is 19.8 Å². The van der Waals surface area contributed by atoms with Crippen molar-refractivity contribution in [1.82, 2.24) is 4.90 Å². The van der Waals surface area contributed by atoms with Crippen molar-refractivity contribution in [3.05, 3.63) is 0 Å². The Hall–Kier alpha value is -0.610. The molecular formula is C13H23NO3. The summed E-state index contributed by atoms with van der Waals surface area (Å²) in [5.74, 6) is -0.282. The molecule has 1 N–H and O–H groups in total. The van der Waals surface area contributed by atoms with Crippen molar-refractivity contribution in [2.45, 2.75) is 45.2 Å². The Kier molecular flexibility index (Phi) is 4.05. The number of nitrogens with zero attached hydrogens (tertiary/aromatic N) is 1. The number of carboxylic acid groups (broad SMARTS) is 1. The number of aliphatic carboxylic acids is 1. The van der Waals surface area contributed by atoms with E-state index in [1.165, 1.54) is 12.8 Å². The molecule has 17 heavy (non-hydrogen) atoms. The normalized spacial score (nSPS) is 30.8. The van der Waals surface area contributed by atoms with E-state index in [0.29, 0.717) is 19.3 Å². The van der Waals surface area contributed by atoms with Gasteiger partial charge in [0.15, 0.2) is 0 Å². The van der Waals surface area contributed by atoms with Crippen molar-refractivity contribution >= 4 is 5.97 Å². The minimum absolute atomic E-state index is 0.0723. The molecule has 0 spiro atoms. The molecule has 98 valence electrons. The average molecular weight is 241 g/mol. The Morgan fingerprint density at radius 3 is 2.71 bits per heavy atom. The van der Waals surface area contributed by atoms with Gasteiger partial charge < -0.3 is 9.84 Å². The zero-order valence-corrected chi connectivity index (χ0v) is 10.8. The molecular weight excluding hydrogens is 218 g/mol. The lowest BCUT2D eigenvalue weighted by Crippen LogP contribution is -2.48. The van der Waals surface area contributed by atoms with Crippen LogP contribution in [-0.4, -0.2) is 47.8 Å². The SMILES string of the molecule is CCCN(C(C)C1CC1)C1COCC1C(=O)O. The number of hydrogen-bond donors (Lipinski definition) is 1. The smallest absolute Gasteiger partial charge is 0.310 e. The summed E-state index contributed by atoms with van der Waals surface area (Å²) in [5, 5.41) is 9.23. The van der Waals surface area contributed by atoms with Gasteiger partial charge in [0.1, 0.15) is 0 Å². The molecule has 0 aromatic carbocycles. The van der Waals surface area contributed by atoms with Crippen LogP contribution in [0.1, 0.15) is 33.1 Å². The highest BCUT2D eigenvalue weighted by atomic mass is 16.5. The lowest BCUT2D eigenvalue weighted by Gasteiger charge is -2.35. The van der Waals surface area contributed by atoms with Crippen LogP contribution in [0.25, 0.3) is 0 Å². The van der Waals surface area contributed by atoms with Crippen molar-refractivity contribution in [3.63, 3.8) is 0 Å². The number of carboxylic acids is 1. The van der Waals surface area contributed by atoms with Gasteiger partial charge >= 0.3 is 5.97 Å². The van der Waals surface area contributed by atoms with Gasteiger partial charge in [0.05, 0.1) is 19.1 Å². The Labute approximate surface area is 103 Å². The van der Waals surface area contributed by atoms with Crippen LogP contribution in [0.2, 0.25) is 0 Å². The standard InChI is InChI=1S/C13H23NO3/c1-3-6-14(9(2)10-4-5-10)12-8-17-7-11(12)13(15)16/h9-12H,3-8H2,1-2H3,(H,15,16). The van der Waals surface area contributed by atoms with Gasteiger partial charge in [0.2, 0.25) is 0 Å². The Morgan fingerprint density at radius 1 is 1.47 bits per heavy atom. The van der Waals surface area contributed by atoms with E-state index < -0.39 is 5.97 Å². The third kappa shape index (κ3) is 2.80. The van der Waals surface area contributed by atoms with Crippen LogP contribution in [0.4, 0.5) is 0 Å². The van der Waals surface area contributed by atoms with E-state index in [4.69, 9.17) is 4.74 Å². The fourth-order valence-corrected chi connectivity index (χ4v) is 2.88. The summed E-state index contributed by atoms with van der Waals surface area (Å²) in [7, 11) is 0. The van der Waals surface area contributed by atoms with Crippen LogP contribution >= 0.6 is 0 Å². The summed E-state index contributed by atoms with van der Waals surface area (Å²) in [6.45, 7) is 6.32. The summed E-state index contributed by atoms with van der Waals surface area (Å²) in [6.07, 6.45) is 3.67. The molecule has 2 fully saturated rings. The summed E-state index contributed by atoms with van der Waals surface area (Å²) in [5.41, 5.74) is 0. The number of hydrogen-bond acceptors (Lipinski definition) is 3. The van der Waals surface area contributed by atoms with Crippen LogP contribution in [0.15, 0.2) is 0 Å². The molecule has 4 heteroatoms. The molecule has 0 aromatic rings. The van der Waals surface area contributed by atoms with Crippen molar-refractivity contribution in [2.24, 2.45) is 11.8 Å². The molecule has 0 radical (unpaired) electrons. The molecule has 1 aliphatic carbocycles. The second-order valence-electron chi connectivity index (χ2n) is 5.37. The fourth-order valence-electron chi connectivity index (χ4n) is 2.88. The van der Waals surface area contributed by atoms with Crippen LogP contribution in [0.5, 0.6) is 0 Å². The summed E-state index contributed by atoms with van der Waals surface area (Å²) in [6, 6.07) is 0.576. The molecule has 1 aliphatic heterocycles. The zero-order chi connectivity index (χ0) is 12.4. The average Bonchev–Trinajstić information content (AvgIpc) is 3.03. The molecule has 1 saturated heterocycles. The molecule has 0 aromatic heterocycles. The lowest BCUT2D eigenvalue weighted by molar-refractivity contribution is -0.143. The Balaban J connectivity index is 2.05. The quantitative estimate of drug-likeness (QED) is 0.767. The summed E-state index contributed by atoms with van der Waals surface area (Å²) >= 11 is 0. The van der Waals surface area contributed by atoms with Crippen LogP contribution < -0.4 is 0 Å². The van der Waals surface area contributed by atoms with Crippen molar-refractivity contribution in [3.8, 4) is 0 Å². The van der Waals surface area contributed by atoms with Crippen molar-refractivity contribution < 1.29 is 14.6 Å². The monoisotopic (exact) mass is 241 g/mol. The van der Waals surface area contributed by atoms with E-state index in [2.05, 4.69) is 18.7 Å². The maximum atomic E-state index is 11.2. The zero-order valence-electron chi connectivity index (χ0n) is 10.8. The molecule has 2 rings (SSSR count). The first-order valence-corrected chi connectivity index (χ1v) is 6.71. The molecule has 2 aliphatic rings. The second-order valence-corrected chi connectivity index (χ2v) is 5.37. The molecule has 3 unspecified atom stereocenters. The third-order valence-electron chi connectivity index (χ3n) is 4.10. The minimum Gasteiger partial charge on any atom is -0.481 e. The van der Waals surface area contributed by atoms with Gasteiger partial charge in [0.25, 0.3) is 0 Å². The number of carbonyl (C=O) groups is 1. The largest absolute Gasteiger partial charge is 0.481 e. The minimum atomic E-state index is -0.711. The molecule has 0 amide bonds. The summed E-state index contributed by atoms with van der Waals surface area (Å²) in [4.78, 5) is 13.6. The van der Waals surface area contributed by atoms with E-state index in [1.807, 2.05) is 0 Å². The Morgan fingerprint density at radius 2 is 2.18 bits per heavy atom. The molecule has 1 saturated carbocycles. The van der Waals surface area contributed by atoms with Gasteiger partial charge in [0, 0.05) is 12.1 Å².